The number of anilines is 3. The molecular weight excluding hydrogens is 542 g/mol. The average Bonchev–Trinajstić information content (AvgIpc) is 3.46. The van der Waals surface area contributed by atoms with Crippen LogP contribution in [-0.4, -0.2) is 91.4 Å². The van der Waals surface area contributed by atoms with E-state index in [-0.39, 0.29) is 6.09 Å². The Labute approximate surface area is 255 Å². The number of carbonyl (C=O) groups is 1. The molecule has 3 aromatic rings. The number of ether oxygens (including phenoxy) is 2. The molecular formula is C33H47N7O3. The highest BCUT2D eigenvalue weighted by Crippen LogP contribution is 2.31. The second kappa shape index (κ2) is 13.2. The van der Waals surface area contributed by atoms with Crippen molar-refractivity contribution in [3.05, 3.63) is 48.0 Å². The number of nitrogens with one attached hydrogen (secondary N) is 2. The van der Waals surface area contributed by atoms with E-state index < -0.39 is 5.60 Å². The number of rotatable bonds is 9. The first-order valence-electron chi connectivity index (χ1n) is 15.4. The van der Waals surface area contributed by atoms with Crippen molar-refractivity contribution in [3.8, 4) is 5.75 Å². The van der Waals surface area contributed by atoms with Gasteiger partial charge in [0.05, 0.1) is 12.6 Å². The van der Waals surface area contributed by atoms with Crippen LogP contribution in [0.1, 0.15) is 45.6 Å². The van der Waals surface area contributed by atoms with Gasteiger partial charge in [0.1, 0.15) is 17.2 Å². The van der Waals surface area contributed by atoms with Crippen molar-refractivity contribution in [2.75, 3.05) is 69.5 Å². The SMILES string of the molecule is COc1cccc(N(C)C)c1CN1CCC(Nc2nc(NC[C@@H]3CCN(C(=O)OC(C)(C)C)C3)nc3ccccc23)CC1. The van der Waals surface area contributed by atoms with Crippen LogP contribution in [-0.2, 0) is 11.3 Å². The molecule has 2 fully saturated rings. The Balaban J connectivity index is 1.20. The summed E-state index contributed by atoms with van der Waals surface area (Å²) in [6, 6.07) is 14.7. The summed E-state index contributed by atoms with van der Waals surface area (Å²) < 4.78 is 11.3. The van der Waals surface area contributed by atoms with Crippen molar-refractivity contribution < 1.29 is 14.3 Å². The van der Waals surface area contributed by atoms with E-state index in [1.807, 2.05) is 45.0 Å². The molecule has 1 aromatic heterocycles. The van der Waals surface area contributed by atoms with Gasteiger partial charge in [-0.15, -0.1) is 0 Å². The Kier molecular flexibility index (Phi) is 9.44. The molecule has 232 valence electrons. The quantitative estimate of drug-likeness (QED) is 0.338. The van der Waals surface area contributed by atoms with Crippen molar-refractivity contribution in [2.24, 2.45) is 5.92 Å². The molecule has 2 aliphatic heterocycles. The van der Waals surface area contributed by atoms with Gasteiger partial charge in [0, 0.05) is 76.0 Å². The molecule has 0 saturated carbocycles. The molecule has 0 spiro atoms. The van der Waals surface area contributed by atoms with Crippen molar-refractivity contribution in [1.29, 1.82) is 0 Å². The molecule has 0 unspecified atom stereocenters. The molecule has 2 N–H and O–H groups in total. The van der Waals surface area contributed by atoms with Gasteiger partial charge in [0.25, 0.3) is 0 Å². The number of piperidine rings is 1. The lowest BCUT2D eigenvalue weighted by molar-refractivity contribution is 0.0289. The van der Waals surface area contributed by atoms with E-state index >= 15 is 0 Å². The van der Waals surface area contributed by atoms with Crippen LogP contribution >= 0.6 is 0 Å². The highest BCUT2D eigenvalue weighted by Gasteiger charge is 2.30. The fourth-order valence-electron chi connectivity index (χ4n) is 5.97. The topological polar surface area (TPSA) is 95.1 Å². The van der Waals surface area contributed by atoms with Gasteiger partial charge >= 0.3 is 6.09 Å². The van der Waals surface area contributed by atoms with Crippen molar-refractivity contribution >= 4 is 34.4 Å². The summed E-state index contributed by atoms with van der Waals surface area (Å²) >= 11 is 0. The van der Waals surface area contributed by atoms with Gasteiger partial charge in [-0.05, 0) is 70.2 Å². The maximum atomic E-state index is 12.5. The largest absolute Gasteiger partial charge is 0.496 e. The van der Waals surface area contributed by atoms with Crippen LogP contribution < -0.4 is 20.3 Å². The summed E-state index contributed by atoms with van der Waals surface area (Å²) in [5, 5.41) is 8.24. The molecule has 2 aliphatic rings. The van der Waals surface area contributed by atoms with Gasteiger partial charge in [0.15, 0.2) is 0 Å². The normalized spacial score (nSPS) is 18.1. The summed E-state index contributed by atoms with van der Waals surface area (Å²) in [5.74, 6) is 2.74. The van der Waals surface area contributed by atoms with Gasteiger partial charge < -0.3 is 29.9 Å². The predicted octanol–water partition coefficient (Wildman–Crippen LogP) is 5.45. The molecule has 1 atom stereocenters. The number of hydrogen-bond donors (Lipinski definition) is 2. The molecule has 5 rings (SSSR count). The number of fused-ring (bicyclic) bond motifs is 1. The average molecular weight is 590 g/mol. The first-order valence-corrected chi connectivity index (χ1v) is 15.4. The number of hydrogen-bond acceptors (Lipinski definition) is 9. The van der Waals surface area contributed by atoms with Gasteiger partial charge in [-0.2, -0.15) is 4.98 Å². The molecule has 2 aromatic carbocycles. The summed E-state index contributed by atoms with van der Waals surface area (Å²) in [7, 11) is 5.90. The monoisotopic (exact) mass is 589 g/mol. The Morgan fingerprint density at radius 3 is 2.51 bits per heavy atom. The predicted molar refractivity (Wildman–Crippen MR) is 173 cm³/mol. The lowest BCUT2D eigenvalue weighted by Crippen LogP contribution is -2.39. The van der Waals surface area contributed by atoms with Crippen LogP contribution in [0, 0.1) is 5.92 Å². The minimum absolute atomic E-state index is 0.240. The third-order valence-corrected chi connectivity index (χ3v) is 8.21. The van der Waals surface area contributed by atoms with Crippen molar-refractivity contribution in [2.45, 2.75) is 58.2 Å². The summed E-state index contributed by atoms with van der Waals surface area (Å²) in [6.45, 7) is 10.6. The zero-order valence-electron chi connectivity index (χ0n) is 26.5. The zero-order valence-corrected chi connectivity index (χ0v) is 26.5. The first kappa shape index (κ1) is 30.7. The number of aromatic nitrogens is 2. The number of nitrogens with zero attached hydrogens (tertiary/aromatic N) is 5. The number of methoxy groups -OCH3 is 1. The lowest BCUT2D eigenvalue weighted by atomic mass is 10.0. The summed E-state index contributed by atoms with van der Waals surface area (Å²) in [5.41, 5.74) is 2.85. The molecule has 0 bridgehead atoms. The third-order valence-electron chi connectivity index (χ3n) is 8.21. The molecule has 0 radical (unpaired) electrons. The highest BCUT2D eigenvalue weighted by atomic mass is 16.6. The van der Waals surface area contributed by atoms with Gasteiger partial charge in [0.2, 0.25) is 5.95 Å². The highest BCUT2D eigenvalue weighted by molar-refractivity contribution is 5.90. The zero-order chi connectivity index (χ0) is 30.6. The number of amides is 1. The molecule has 2 saturated heterocycles. The summed E-state index contributed by atoms with van der Waals surface area (Å²) in [4.78, 5) is 28.7. The van der Waals surface area contributed by atoms with E-state index in [1.54, 1.807) is 12.0 Å². The van der Waals surface area contributed by atoms with Gasteiger partial charge in [-0.25, -0.2) is 9.78 Å². The minimum Gasteiger partial charge on any atom is -0.496 e. The summed E-state index contributed by atoms with van der Waals surface area (Å²) in [6.07, 6.45) is 2.73. The number of benzene rings is 2. The van der Waals surface area contributed by atoms with E-state index in [0.29, 0.717) is 37.5 Å². The fourth-order valence-corrected chi connectivity index (χ4v) is 5.97. The molecule has 10 nitrogen and oxygen atoms in total. The van der Waals surface area contributed by atoms with E-state index in [9.17, 15) is 4.79 Å². The Morgan fingerprint density at radius 2 is 1.79 bits per heavy atom. The minimum atomic E-state index is -0.489. The van der Waals surface area contributed by atoms with E-state index in [2.05, 4.69) is 52.7 Å². The maximum Gasteiger partial charge on any atom is 0.410 e. The van der Waals surface area contributed by atoms with Crippen LogP contribution in [0.3, 0.4) is 0 Å². The van der Waals surface area contributed by atoms with E-state index in [4.69, 9.17) is 19.4 Å². The molecule has 43 heavy (non-hydrogen) atoms. The molecule has 3 heterocycles. The second-order valence-electron chi connectivity index (χ2n) is 12.9. The smallest absolute Gasteiger partial charge is 0.410 e. The molecule has 0 aliphatic carbocycles. The third kappa shape index (κ3) is 7.79. The Bertz CT molecular complexity index is 1400. The molecule has 10 heteroatoms. The number of likely N-dealkylation sites (tertiary alicyclic amines) is 2. The Hall–Kier alpha value is -3.79. The van der Waals surface area contributed by atoms with Crippen LogP contribution in [0.25, 0.3) is 10.9 Å². The van der Waals surface area contributed by atoms with Gasteiger partial charge in [-0.3, -0.25) is 4.90 Å². The first-order chi connectivity index (χ1) is 20.6. The van der Waals surface area contributed by atoms with Gasteiger partial charge in [-0.1, -0.05) is 18.2 Å². The fraction of sp³-hybridized carbons (Fsp3) is 0.545. The van der Waals surface area contributed by atoms with Crippen LogP contribution in [0.5, 0.6) is 5.75 Å². The van der Waals surface area contributed by atoms with Crippen LogP contribution in [0.15, 0.2) is 42.5 Å². The Morgan fingerprint density at radius 1 is 1.02 bits per heavy atom. The van der Waals surface area contributed by atoms with Crippen LogP contribution in [0.2, 0.25) is 0 Å². The standard InChI is InChI=1S/C33H47N7O3/c1-33(2,3)43-32(41)40-19-14-23(21-40)20-34-31-36-27-11-8-7-10-25(27)30(37-31)35-24-15-17-39(18-16-24)22-26-28(38(4)5)12-9-13-29(26)42-6/h7-13,23-24H,14-22H2,1-6H3,(H2,34,35,36,37)/t23-/m0/s1. The van der Waals surface area contributed by atoms with E-state index in [1.165, 1.54) is 11.3 Å². The lowest BCUT2D eigenvalue weighted by Gasteiger charge is -2.34. The van der Waals surface area contributed by atoms with Crippen molar-refractivity contribution in [1.82, 2.24) is 19.8 Å². The second-order valence-corrected chi connectivity index (χ2v) is 12.9. The molecule has 1 amide bonds. The van der Waals surface area contributed by atoms with Crippen molar-refractivity contribution in [3.63, 3.8) is 0 Å². The van der Waals surface area contributed by atoms with E-state index in [0.717, 1.165) is 61.4 Å². The van der Waals surface area contributed by atoms with Crippen LogP contribution in [0.4, 0.5) is 22.2 Å². The number of carbonyl (C=O) groups excluding carboxylic acids is 1. The maximum absolute atomic E-state index is 12.5. The number of para-hydroxylation sites is 1.